The van der Waals surface area contributed by atoms with Gasteiger partial charge in [-0.05, 0) is 45.5 Å². The van der Waals surface area contributed by atoms with Gasteiger partial charge in [0.25, 0.3) is 0 Å². The van der Waals surface area contributed by atoms with Crippen LogP contribution in [0.3, 0.4) is 0 Å². The maximum Gasteiger partial charge on any atom is 0.225 e. The van der Waals surface area contributed by atoms with E-state index in [0.717, 1.165) is 17.8 Å². The van der Waals surface area contributed by atoms with Crippen LogP contribution in [-0.4, -0.2) is 30.4 Å². The SMILES string of the molecule is Cc1ccc(N)cc1NC(=O)CCN(C)C(C)C. The fourth-order valence-corrected chi connectivity index (χ4v) is 1.52. The second kappa shape index (κ2) is 6.40. The molecule has 0 heterocycles. The number of rotatable bonds is 5. The number of nitrogen functional groups attached to an aromatic ring is 1. The average molecular weight is 249 g/mol. The van der Waals surface area contributed by atoms with Crippen LogP contribution in [0.4, 0.5) is 11.4 Å². The monoisotopic (exact) mass is 249 g/mol. The van der Waals surface area contributed by atoms with Crippen LogP contribution < -0.4 is 11.1 Å². The van der Waals surface area contributed by atoms with Gasteiger partial charge in [0.2, 0.25) is 5.91 Å². The number of hydrogen-bond donors (Lipinski definition) is 2. The molecule has 1 aromatic carbocycles. The Balaban J connectivity index is 2.52. The Labute approximate surface area is 109 Å². The third-order valence-corrected chi connectivity index (χ3v) is 3.11. The number of hydrogen-bond acceptors (Lipinski definition) is 3. The summed E-state index contributed by atoms with van der Waals surface area (Å²) in [6.45, 7) is 6.93. The number of nitrogens with zero attached hydrogens (tertiary/aromatic N) is 1. The fourth-order valence-electron chi connectivity index (χ4n) is 1.52. The zero-order chi connectivity index (χ0) is 13.7. The standard InChI is InChI=1S/C14H23N3O/c1-10(2)17(4)8-7-14(18)16-13-9-12(15)6-5-11(13)3/h5-6,9-10H,7-8,15H2,1-4H3,(H,16,18). The highest BCUT2D eigenvalue weighted by Gasteiger charge is 2.08. The molecule has 0 unspecified atom stereocenters. The number of nitrogens with two attached hydrogens (primary N) is 1. The third kappa shape index (κ3) is 4.37. The van der Waals surface area contributed by atoms with Gasteiger partial charge in [0, 0.05) is 30.4 Å². The summed E-state index contributed by atoms with van der Waals surface area (Å²) in [4.78, 5) is 14.0. The molecule has 0 bridgehead atoms. The molecule has 100 valence electrons. The molecule has 3 N–H and O–H groups in total. The van der Waals surface area contributed by atoms with E-state index >= 15 is 0 Å². The largest absolute Gasteiger partial charge is 0.399 e. The van der Waals surface area contributed by atoms with E-state index in [-0.39, 0.29) is 5.91 Å². The van der Waals surface area contributed by atoms with Crippen LogP contribution in [0.15, 0.2) is 18.2 Å². The summed E-state index contributed by atoms with van der Waals surface area (Å²) in [5, 5.41) is 2.90. The normalized spacial score (nSPS) is 11.0. The quantitative estimate of drug-likeness (QED) is 0.787. The average Bonchev–Trinajstić information content (AvgIpc) is 2.30. The molecule has 0 saturated carbocycles. The summed E-state index contributed by atoms with van der Waals surface area (Å²) in [7, 11) is 2.02. The lowest BCUT2D eigenvalue weighted by Crippen LogP contribution is -2.30. The van der Waals surface area contributed by atoms with Crippen molar-refractivity contribution in [2.24, 2.45) is 0 Å². The van der Waals surface area contributed by atoms with Crippen molar-refractivity contribution in [3.05, 3.63) is 23.8 Å². The van der Waals surface area contributed by atoms with Gasteiger partial charge in [0.1, 0.15) is 0 Å². The highest BCUT2D eigenvalue weighted by molar-refractivity contribution is 5.92. The molecular formula is C14H23N3O. The molecule has 0 fully saturated rings. The predicted molar refractivity (Wildman–Crippen MR) is 76.6 cm³/mol. The van der Waals surface area contributed by atoms with Crippen LogP contribution in [-0.2, 0) is 4.79 Å². The lowest BCUT2D eigenvalue weighted by Gasteiger charge is -2.20. The van der Waals surface area contributed by atoms with E-state index < -0.39 is 0 Å². The minimum atomic E-state index is 0.0243. The first-order chi connectivity index (χ1) is 8.40. The van der Waals surface area contributed by atoms with Gasteiger partial charge in [0.15, 0.2) is 0 Å². The van der Waals surface area contributed by atoms with E-state index in [0.29, 0.717) is 18.2 Å². The van der Waals surface area contributed by atoms with E-state index in [1.165, 1.54) is 0 Å². The Kier molecular flexibility index (Phi) is 5.16. The van der Waals surface area contributed by atoms with E-state index in [1.54, 1.807) is 6.07 Å². The fraction of sp³-hybridized carbons (Fsp3) is 0.500. The van der Waals surface area contributed by atoms with E-state index in [1.807, 2.05) is 26.1 Å². The molecule has 0 radical (unpaired) electrons. The number of benzene rings is 1. The number of aryl methyl sites for hydroxylation is 1. The molecule has 0 aliphatic rings. The molecule has 0 atom stereocenters. The summed E-state index contributed by atoms with van der Waals surface area (Å²) in [5.41, 5.74) is 8.19. The van der Waals surface area contributed by atoms with Gasteiger partial charge in [-0.25, -0.2) is 0 Å². The van der Waals surface area contributed by atoms with Crippen molar-refractivity contribution in [1.82, 2.24) is 4.90 Å². The predicted octanol–water partition coefficient (Wildman–Crippen LogP) is 2.25. The smallest absolute Gasteiger partial charge is 0.225 e. The van der Waals surface area contributed by atoms with Gasteiger partial charge in [-0.15, -0.1) is 0 Å². The van der Waals surface area contributed by atoms with Crippen LogP contribution >= 0.6 is 0 Å². The van der Waals surface area contributed by atoms with Gasteiger partial charge >= 0.3 is 0 Å². The molecule has 1 amide bonds. The maximum atomic E-state index is 11.8. The number of nitrogens with one attached hydrogen (secondary N) is 1. The first kappa shape index (κ1) is 14.5. The zero-order valence-corrected chi connectivity index (χ0v) is 11.7. The Morgan fingerprint density at radius 3 is 2.72 bits per heavy atom. The summed E-state index contributed by atoms with van der Waals surface area (Å²) in [6, 6.07) is 5.98. The molecule has 0 aromatic heterocycles. The van der Waals surface area contributed by atoms with Crippen LogP contribution in [0.1, 0.15) is 25.8 Å². The van der Waals surface area contributed by atoms with Crippen LogP contribution in [0.2, 0.25) is 0 Å². The number of carbonyl (C=O) groups excluding carboxylic acids is 1. The molecule has 4 nitrogen and oxygen atoms in total. The lowest BCUT2D eigenvalue weighted by atomic mass is 10.2. The number of carbonyl (C=O) groups is 1. The number of anilines is 2. The molecule has 1 aromatic rings. The summed E-state index contributed by atoms with van der Waals surface area (Å²) in [5.74, 6) is 0.0243. The summed E-state index contributed by atoms with van der Waals surface area (Å²) >= 11 is 0. The van der Waals surface area contributed by atoms with Gasteiger partial charge in [0.05, 0.1) is 0 Å². The minimum absolute atomic E-state index is 0.0243. The van der Waals surface area contributed by atoms with Crippen molar-refractivity contribution in [3.63, 3.8) is 0 Å². The molecular weight excluding hydrogens is 226 g/mol. The first-order valence-electron chi connectivity index (χ1n) is 6.26. The Hall–Kier alpha value is -1.55. The van der Waals surface area contributed by atoms with E-state index in [2.05, 4.69) is 24.1 Å². The molecule has 0 spiro atoms. The van der Waals surface area contributed by atoms with Crippen LogP contribution in [0, 0.1) is 6.92 Å². The molecule has 1 rings (SSSR count). The topological polar surface area (TPSA) is 58.4 Å². The second-order valence-corrected chi connectivity index (χ2v) is 4.95. The van der Waals surface area contributed by atoms with Gasteiger partial charge < -0.3 is 16.0 Å². The summed E-state index contributed by atoms with van der Waals surface area (Å²) in [6.07, 6.45) is 0.489. The maximum absolute atomic E-state index is 11.8. The van der Waals surface area contributed by atoms with Crippen molar-refractivity contribution in [2.75, 3.05) is 24.6 Å². The van der Waals surface area contributed by atoms with Gasteiger partial charge in [-0.3, -0.25) is 4.79 Å². The zero-order valence-electron chi connectivity index (χ0n) is 11.7. The van der Waals surface area contributed by atoms with Crippen molar-refractivity contribution in [1.29, 1.82) is 0 Å². The van der Waals surface area contributed by atoms with Crippen LogP contribution in [0.5, 0.6) is 0 Å². The van der Waals surface area contributed by atoms with Gasteiger partial charge in [-0.1, -0.05) is 6.07 Å². The molecule has 4 heteroatoms. The third-order valence-electron chi connectivity index (χ3n) is 3.11. The highest BCUT2D eigenvalue weighted by atomic mass is 16.1. The molecule has 0 aliphatic carbocycles. The van der Waals surface area contributed by atoms with E-state index in [4.69, 9.17) is 5.73 Å². The Morgan fingerprint density at radius 2 is 2.11 bits per heavy atom. The van der Waals surface area contributed by atoms with Gasteiger partial charge in [-0.2, -0.15) is 0 Å². The second-order valence-electron chi connectivity index (χ2n) is 4.95. The Bertz CT molecular complexity index is 416. The lowest BCUT2D eigenvalue weighted by molar-refractivity contribution is -0.116. The Morgan fingerprint density at radius 1 is 1.44 bits per heavy atom. The van der Waals surface area contributed by atoms with Crippen molar-refractivity contribution < 1.29 is 4.79 Å². The first-order valence-corrected chi connectivity index (χ1v) is 6.26. The van der Waals surface area contributed by atoms with E-state index in [9.17, 15) is 4.79 Å². The summed E-state index contributed by atoms with van der Waals surface area (Å²) < 4.78 is 0. The van der Waals surface area contributed by atoms with Crippen molar-refractivity contribution >= 4 is 17.3 Å². The van der Waals surface area contributed by atoms with Crippen molar-refractivity contribution in [2.45, 2.75) is 33.2 Å². The van der Waals surface area contributed by atoms with Crippen LogP contribution in [0.25, 0.3) is 0 Å². The highest BCUT2D eigenvalue weighted by Crippen LogP contribution is 2.18. The molecule has 18 heavy (non-hydrogen) atoms. The minimum Gasteiger partial charge on any atom is -0.399 e. The molecule has 0 aliphatic heterocycles. The van der Waals surface area contributed by atoms with Crippen molar-refractivity contribution in [3.8, 4) is 0 Å². The molecule has 0 saturated heterocycles. The number of amides is 1.